The Morgan fingerprint density at radius 2 is 2.35 bits per heavy atom. The normalized spacial score (nSPS) is 27.3. The van der Waals surface area contributed by atoms with Gasteiger partial charge in [-0.2, -0.15) is 0 Å². The Kier molecular flexibility index (Phi) is 4.74. The van der Waals surface area contributed by atoms with Crippen LogP contribution in [-0.4, -0.2) is 72.3 Å². The second-order valence-corrected chi connectivity index (χ2v) is 5.17. The van der Waals surface area contributed by atoms with E-state index in [9.17, 15) is 5.11 Å². The van der Waals surface area contributed by atoms with Crippen LogP contribution in [-0.2, 0) is 4.74 Å². The van der Waals surface area contributed by atoms with Gasteiger partial charge in [0.1, 0.15) is 5.82 Å². The molecule has 0 aromatic carbocycles. The highest BCUT2D eigenvalue weighted by molar-refractivity contribution is 5.35. The van der Waals surface area contributed by atoms with E-state index < -0.39 is 5.54 Å². The maximum atomic E-state index is 9.77. The molecule has 0 radical (unpaired) electrons. The molecular formula is C13H22N4O3. The highest BCUT2D eigenvalue weighted by Crippen LogP contribution is 2.22. The number of likely N-dealkylation sites (N-methyl/N-ethyl adjacent to an activating group) is 1. The summed E-state index contributed by atoms with van der Waals surface area (Å²) in [4.78, 5) is 2.15. The number of nitrogens with zero attached hydrogens (tertiary/aromatic N) is 3. The molecule has 1 aromatic rings. The van der Waals surface area contributed by atoms with Crippen LogP contribution >= 0.6 is 0 Å². The minimum absolute atomic E-state index is 0.0183. The molecule has 0 aliphatic carbocycles. The zero-order chi connectivity index (χ0) is 14.6. The SMILES string of the molecule is COc1ccc(NC[C@]2(CO)COC[C@@H](C)N2C)nn1. The Morgan fingerprint density at radius 1 is 1.55 bits per heavy atom. The maximum absolute atomic E-state index is 9.77. The van der Waals surface area contributed by atoms with Crippen molar-refractivity contribution in [1.29, 1.82) is 0 Å². The van der Waals surface area contributed by atoms with Gasteiger partial charge in [0.05, 0.1) is 32.5 Å². The number of ether oxygens (including phenoxy) is 2. The lowest BCUT2D eigenvalue weighted by Crippen LogP contribution is -2.64. The molecule has 2 N–H and O–H groups in total. The van der Waals surface area contributed by atoms with E-state index in [4.69, 9.17) is 9.47 Å². The molecule has 0 amide bonds. The third-order valence-corrected chi connectivity index (χ3v) is 3.88. The van der Waals surface area contributed by atoms with Crippen LogP contribution < -0.4 is 10.1 Å². The second kappa shape index (κ2) is 6.34. The van der Waals surface area contributed by atoms with Crippen molar-refractivity contribution in [3.8, 4) is 5.88 Å². The lowest BCUT2D eigenvalue weighted by atomic mass is 9.96. The summed E-state index contributed by atoms with van der Waals surface area (Å²) in [6.45, 7) is 3.80. The molecule has 1 aliphatic rings. The molecule has 112 valence electrons. The quantitative estimate of drug-likeness (QED) is 0.785. The van der Waals surface area contributed by atoms with Gasteiger partial charge < -0.3 is 19.9 Å². The first-order chi connectivity index (χ1) is 9.61. The third-order valence-electron chi connectivity index (χ3n) is 3.88. The predicted octanol–water partition coefficient (Wildman–Crippen LogP) is -0.0213. The fraction of sp³-hybridized carbons (Fsp3) is 0.692. The molecule has 0 bridgehead atoms. The van der Waals surface area contributed by atoms with Crippen LogP contribution in [0, 0.1) is 0 Å². The van der Waals surface area contributed by atoms with E-state index in [0.717, 1.165) is 0 Å². The van der Waals surface area contributed by atoms with Crippen LogP contribution in [0.4, 0.5) is 5.82 Å². The Hall–Kier alpha value is -1.44. The van der Waals surface area contributed by atoms with Gasteiger partial charge in [-0.25, -0.2) is 0 Å². The molecule has 20 heavy (non-hydrogen) atoms. The highest BCUT2D eigenvalue weighted by atomic mass is 16.5. The Balaban J connectivity index is 2.02. The van der Waals surface area contributed by atoms with E-state index in [0.29, 0.717) is 31.5 Å². The Labute approximate surface area is 118 Å². The lowest BCUT2D eigenvalue weighted by molar-refractivity contribution is -0.101. The number of rotatable bonds is 5. The first-order valence-electron chi connectivity index (χ1n) is 6.64. The van der Waals surface area contributed by atoms with Gasteiger partial charge in [-0.05, 0) is 20.0 Å². The molecule has 7 nitrogen and oxygen atoms in total. The average Bonchev–Trinajstić information content (AvgIpc) is 2.49. The second-order valence-electron chi connectivity index (χ2n) is 5.17. The largest absolute Gasteiger partial charge is 0.480 e. The molecular weight excluding hydrogens is 260 g/mol. The van der Waals surface area contributed by atoms with E-state index in [2.05, 4.69) is 27.3 Å². The van der Waals surface area contributed by atoms with Crippen molar-refractivity contribution in [2.45, 2.75) is 18.5 Å². The van der Waals surface area contributed by atoms with Crippen LogP contribution in [0.3, 0.4) is 0 Å². The first kappa shape index (κ1) is 15.0. The fourth-order valence-electron chi connectivity index (χ4n) is 2.27. The zero-order valence-corrected chi connectivity index (χ0v) is 12.2. The van der Waals surface area contributed by atoms with E-state index >= 15 is 0 Å². The van der Waals surface area contributed by atoms with Crippen LogP contribution in [0.2, 0.25) is 0 Å². The van der Waals surface area contributed by atoms with Crippen molar-refractivity contribution in [3.05, 3.63) is 12.1 Å². The number of aliphatic hydroxyl groups excluding tert-OH is 1. The van der Waals surface area contributed by atoms with Crippen molar-refractivity contribution in [2.75, 3.05) is 45.8 Å². The summed E-state index contributed by atoms with van der Waals surface area (Å²) >= 11 is 0. The van der Waals surface area contributed by atoms with Gasteiger partial charge in [0, 0.05) is 18.7 Å². The topological polar surface area (TPSA) is 79.7 Å². The van der Waals surface area contributed by atoms with Crippen molar-refractivity contribution >= 4 is 5.82 Å². The average molecular weight is 282 g/mol. The highest BCUT2D eigenvalue weighted by Gasteiger charge is 2.40. The smallest absolute Gasteiger partial charge is 0.233 e. The van der Waals surface area contributed by atoms with Crippen molar-refractivity contribution < 1.29 is 14.6 Å². The van der Waals surface area contributed by atoms with Crippen LogP contribution in [0.1, 0.15) is 6.92 Å². The summed E-state index contributed by atoms with van der Waals surface area (Å²) in [5.74, 6) is 1.12. The van der Waals surface area contributed by atoms with Gasteiger partial charge in [0.2, 0.25) is 5.88 Å². The van der Waals surface area contributed by atoms with Crippen LogP contribution in [0.15, 0.2) is 12.1 Å². The molecule has 0 unspecified atom stereocenters. The summed E-state index contributed by atoms with van der Waals surface area (Å²) in [7, 11) is 3.55. The van der Waals surface area contributed by atoms with Gasteiger partial charge in [0.25, 0.3) is 0 Å². The molecule has 1 saturated heterocycles. The standard InChI is InChI=1S/C13H22N4O3/c1-10-6-20-9-13(8-18,17(10)2)7-14-11-4-5-12(19-3)16-15-11/h4-5,10,18H,6-9H2,1-3H3,(H,14,15)/t10-,13+/m1/s1. The van der Waals surface area contributed by atoms with Gasteiger partial charge in [-0.15, -0.1) is 10.2 Å². The van der Waals surface area contributed by atoms with E-state index in [1.165, 1.54) is 0 Å². The van der Waals surface area contributed by atoms with E-state index in [1.54, 1.807) is 19.2 Å². The maximum Gasteiger partial charge on any atom is 0.233 e. The Morgan fingerprint density at radius 3 is 2.95 bits per heavy atom. The summed E-state index contributed by atoms with van der Waals surface area (Å²) in [5.41, 5.74) is -0.445. The third kappa shape index (κ3) is 3.00. The number of hydrogen-bond acceptors (Lipinski definition) is 7. The first-order valence-corrected chi connectivity index (χ1v) is 6.64. The number of anilines is 1. The van der Waals surface area contributed by atoms with Gasteiger partial charge in [0.15, 0.2) is 0 Å². The fourth-order valence-corrected chi connectivity index (χ4v) is 2.27. The number of nitrogens with one attached hydrogen (secondary N) is 1. The minimum Gasteiger partial charge on any atom is -0.480 e. The molecule has 2 atom stereocenters. The van der Waals surface area contributed by atoms with Crippen molar-refractivity contribution in [3.63, 3.8) is 0 Å². The molecule has 2 rings (SSSR count). The minimum atomic E-state index is -0.445. The van der Waals surface area contributed by atoms with Crippen molar-refractivity contribution in [1.82, 2.24) is 15.1 Å². The van der Waals surface area contributed by atoms with Gasteiger partial charge >= 0.3 is 0 Å². The van der Waals surface area contributed by atoms with Gasteiger partial charge in [-0.1, -0.05) is 0 Å². The summed E-state index contributed by atoms with van der Waals surface area (Å²) < 4.78 is 10.6. The molecule has 7 heteroatoms. The number of aliphatic hydroxyl groups is 1. The van der Waals surface area contributed by atoms with Gasteiger partial charge in [-0.3, -0.25) is 4.90 Å². The summed E-state index contributed by atoms with van der Waals surface area (Å²) in [6.07, 6.45) is 0. The summed E-state index contributed by atoms with van der Waals surface area (Å²) in [6, 6.07) is 3.80. The van der Waals surface area contributed by atoms with Crippen LogP contribution in [0.25, 0.3) is 0 Å². The molecule has 1 aromatic heterocycles. The number of morpholine rings is 1. The Bertz CT molecular complexity index is 428. The molecule has 1 fully saturated rings. The molecule has 0 spiro atoms. The number of hydrogen-bond donors (Lipinski definition) is 2. The van der Waals surface area contributed by atoms with Crippen molar-refractivity contribution in [2.24, 2.45) is 0 Å². The summed E-state index contributed by atoms with van der Waals surface area (Å²) in [5, 5.41) is 20.9. The number of methoxy groups -OCH3 is 1. The monoisotopic (exact) mass is 282 g/mol. The zero-order valence-electron chi connectivity index (χ0n) is 12.2. The number of aromatic nitrogens is 2. The molecule has 1 aliphatic heterocycles. The van der Waals surface area contributed by atoms with E-state index in [1.807, 2.05) is 7.05 Å². The molecule has 2 heterocycles. The van der Waals surface area contributed by atoms with Crippen LogP contribution in [0.5, 0.6) is 5.88 Å². The lowest BCUT2D eigenvalue weighted by Gasteiger charge is -2.47. The molecule has 0 saturated carbocycles. The predicted molar refractivity (Wildman–Crippen MR) is 74.9 cm³/mol. The van der Waals surface area contributed by atoms with E-state index in [-0.39, 0.29) is 12.6 Å².